The van der Waals surface area contributed by atoms with Crippen LogP contribution in [0.3, 0.4) is 0 Å². The zero-order valence-corrected chi connectivity index (χ0v) is 13.3. The van der Waals surface area contributed by atoms with Crippen molar-refractivity contribution in [3.05, 3.63) is 46.0 Å². The van der Waals surface area contributed by atoms with Gasteiger partial charge in [-0.3, -0.25) is 4.98 Å². The van der Waals surface area contributed by atoms with E-state index in [9.17, 15) is 4.39 Å². The molecule has 0 N–H and O–H groups in total. The molecule has 1 aliphatic heterocycles. The maximum Gasteiger partial charge on any atom is 0.167 e. The molecule has 1 fully saturated rings. The monoisotopic (exact) mass is 371 g/mol. The van der Waals surface area contributed by atoms with Crippen molar-refractivity contribution in [2.75, 3.05) is 18.0 Å². The van der Waals surface area contributed by atoms with E-state index in [2.05, 4.69) is 25.9 Å². The standard InChI is InChI=1S/C14H12BrClFN3O/c15-11-7-18-3-1-13(11)21-10-2-4-20(8-10)14-12(17)5-9(16)6-19-14/h1,3,5-7,10H,2,4,8H2. The Balaban J connectivity index is 1.69. The van der Waals surface area contributed by atoms with Gasteiger partial charge in [0.05, 0.1) is 16.0 Å². The van der Waals surface area contributed by atoms with Crippen molar-refractivity contribution in [3.8, 4) is 5.75 Å². The highest BCUT2D eigenvalue weighted by atomic mass is 79.9. The summed E-state index contributed by atoms with van der Waals surface area (Å²) in [7, 11) is 0. The molecule has 1 atom stereocenters. The molecule has 3 heterocycles. The minimum absolute atomic E-state index is 0.0134. The molecule has 2 aromatic heterocycles. The molecule has 1 unspecified atom stereocenters. The molecule has 7 heteroatoms. The number of anilines is 1. The Labute approximate surface area is 135 Å². The maximum absolute atomic E-state index is 13.9. The van der Waals surface area contributed by atoms with Crippen LogP contribution in [0.2, 0.25) is 5.02 Å². The summed E-state index contributed by atoms with van der Waals surface area (Å²) in [5.74, 6) is 0.647. The largest absolute Gasteiger partial charge is 0.487 e. The van der Waals surface area contributed by atoms with E-state index >= 15 is 0 Å². The van der Waals surface area contributed by atoms with Crippen LogP contribution in [-0.4, -0.2) is 29.2 Å². The fourth-order valence-corrected chi connectivity index (χ4v) is 2.78. The SMILES string of the molecule is Fc1cc(Cl)cnc1N1CCC(Oc2ccncc2Br)C1. The predicted molar refractivity (Wildman–Crippen MR) is 82.4 cm³/mol. The van der Waals surface area contributed by atoms with Crippen molar-refractivity contribution in [2.45, 2.75) is 12.5 Å². The summed E-state index contributed by atoms with van der Waals surface area (Å²) < 4.78 is 20.6. The number of halogens is 3. The van der Waals surface area contributed by atoms with Gasteiger partial charge in [0.15, 0.2) is 11.6 Å². The summed E-state index contributed by atoms with van der Waals surface area (Å²) in [5.41, 5.74) is 0. The van der Waals surface area contributed by atoms with Gasteiger partial charge in [-0.25, -0.2) is 9.37 Å². The van der Waals surface area contributed by atoms with Crippen LogP contribution in [0.1, 0.15) is 6.42 Å². The molecule has 0 aromatic carbocycles. The first-order valence-corrected chi connectivity index (χ1v) is 7.63. The quantitative estimate of drug-likeness (QED) is 0.823. The second-order valence-electron chi connectivity index (χ2n) is 4.74. The Bertz CT molecular complexity index is 658. The fraction of sp³-hybridized carbons (Fsp3) is 0.286. The smallest absolute Gasteiger partial charge is 0.167 e. The van der Waals surface area contributed by atoms with Crippen molar-refractivity contribution in [3.63, 3.8) is 0 Å². The Hall–Kier alpha value is -1.40. The lowest BCUT2D eigenvalue weighted by molar-refractivity contribution is 0.223. The van der Waals surface area contributed by atoms with E-state index in [1.54, 1.807) is 18.5 Å². The third kappa shape index (κ3) is 3.27. The van der Waals surface area contributed by atoms with Gasteiger partial charge in [0.1, 0.15) is 11.9 Å². The summed E-state index contributed by atoms with van der Waals surface area (Å²) in [4.78, 5) is 9.92. The van der Waals surface area contributed by atoms with Crippen molar-refractivity contribution in [2.24, 2.45) is 0 Å². The predicted octanol–water partition coefficient (Wildman–Crippen LogP) is 3.69. The van der Waals surface area contributed by atoms with Gasteiger partial charge in [-0.1, -0.05) is 11.6 Å². The van der Waals surface area contributed by atoms with Gasteiger partial charge in [0.2, 0.25) is 0 Å². The van der Waals surface area contributed by atoms with E-state index in [1.807, 2.05) is 4.90 Å². The van der Waals surface area contributed by atoms with Crippen LogP contribution < -0.4 is 9.64 Å². The van der Waals surface area contributed by atoms with E-state index in [0.717, 1.165) is 16.6 Å². The summed E-state index contributed by atoms with van der Waals surface area (Å²) >= 11 is 9.12. The first-order valence-electron chi connectivity index (χ1n) is 6.45. The lowest BCUT2D eigenvalue weighted by atomic mass is 10.3. The molecule has 0 bridgehead atoms. The lowest BCUT2D eigenvalue weighted by Gasteiger charge is -2.18. The highest BCUT2D eigenvalue weighted by Crippen LogP contribution is 2.28. The highest BCUT2D eigenvalue weighted by molar-refractivity contribution is 9.10. The molecule has 21 heavy (non-hydrogen) atoms. The minimum Gasteiger partial charge on any atom is -0.487 e. The summed E-state index contributed by atoms with van der Waals surface area (Å²) in [6.07, 6.45) is 5.60. The highest BCUT2D eigenvalue weighted by Gasteiger charge is 2.27. The summed E-state index contributed by atoms with van der Waals surface area (Å²) in [6, 6.07) is 3.07. The first-order chi connectivity index (χ1) is 10.1. The molecule has 1 aliphatic rings. The molecule has 4 nitrogen and oxygen atoms in total. The van der Waals surface area contributed by atoms with Gasteiger partial charge < -0.3 is 9.64 Å². The summed E-state index contributed by atoms with van der Waals surface area (Å²) in [6.45, 7) is 1.28. The van der Waals surface area contributed by atoms with Crippen molar-refractivity contribution in [1.29, 1.82) is 0 Å². The molecule has 0 saturated carbocycles. The summed E-state index contributed by atoms with van der Waals surface area (Å²) in [5, 5.41) is 0.295. The Morgan fingerprint density at radius 3 is 3.05 bits per heavy atom. The molecule has 2 aromatic rings. The van der Waals surface area contributed by atoms with Gasteiger partial charge in [0.25, 0.3) is 0 Å². The van der Waals surface area contributed by atoms with Crippen LogP contribution in [0.5, 0.6) is 5.75 Å². The van der Waals surface area contributed by atoms with Gasteiger partial charge in [0, 0.05) is 31.6 Å². The normalized spacial score (nSPS) is 18.0. The van der Waals surface area contributed by atoms with E-state index in [0.29, 0.717) is 23.9 Å². The first kappa shape index (κ1) is 14.5. The number of nitrogens with zero attached hydrogens (tertiary/aromatic N) is 3. The zero-order chi connectivity index (χ0) is 14.8. The van der Waals surface area contributed by atoms with Crippen LogP contribution >= 0.6 is 27.5 Å². The van der Waals surface area contributed by atoms with Crippen molar-refractivity contribution in [1.82, 2.24) is 9.97 Å². The second kappa shape index (κ2) is 6.15. The number of ether oxygens (including phenoxy) is 1. The maximum atomic E-state index is 13.9. The minimum atomic E-state index is -0.409. The average molecular weight is 373 g/mol. The van der Waals surface area contributed by atoms with E-state index < -0.39 is 5.82 Å². The topological polar surface area (TPSA) is 38.2 Å². The second-order valence-corrected chi connectivity index (χ2v) is 6.03. The van der Waals surface area contributed by atoms with Gasteiger partial charge in [-0.05, 0) is 28.1 Å². The molecule has 3 rings (SSSR count). The van der Waals surface area contributed by atoms with Crippen LogP contribution in [0.4, 0.5) is 10.2 Å². The van der Waals surface area contributed by atoms with E-state index in [1.165, 1.54) is 12.3 Å². The third-order valence-corrected chi connectivity index (χ3v) is 4.06. The molecule has 110 valence electrons. The number of hydrogen-bond donors (Lipinski definition) is 0. The molecule has 0 radical (unpaired) electrons. The van der Waals surface area contributed by atoms with Crippen molar-refractivity contribution >= 4 is 33.3 Å². The zero-order valence-electron chi connectivity index (χ0n) is 11.0. The third-order valence-electron chi connectivity index (χ3n) is 3.26. The number of rotatable bonds is 3. The average Bonchev–Trinajstić information content (AvgIpc) is 2.90. The fourth-order valence-electron chi connectivity index (χ4n) is 2.29. The van der Waals surface area contributed by atoms with Gasteiger partial charge in [-0.15, -0.1) is 0 Å². The Morgan fingerprint density at radius 1 is 1.43 bits per heavy atom. The lowest BCUT2D eigenvalue weighted by Crippen LogP contribution is -2.26. The number of aromatic nitrogens is 2. The Kier molecular flexibility index (Phi) is 4.26. The molecule has 0 aliphatic carbocycles. The Morgan fingerprint density at radius 2 is 2.29 bits per heavy atom. The van der Waals surface area contributed by atoms with Crippen LogP contribution in [0.25, 0.3) is 0 Å². The van der Waals surface area contributed by atoms with Crippen molar-refractivity contribution < 1.29 is 9.13 Å². The molecular formula is C14H12BrClFN3O. The van der Waals surface area contributed by atoms with E-state index in [-0.39, 0.29) is 6.10 Å². The van der Waals surface area contributed by atoms with Crippen LogP contribution in [0.15, 0.2) is 35.2 Å². The molecule has 1 saturated heterocycles. The molecule has 0 amide bonds. The molecular weight excluding hydrogens is 361 g/mol. The van der Waals surface area contributed by atoms with Gasteiger partial charge in [-0.2, -0.15) is 0 Å². The van der Waals surface area contributed by atoms with Crippen LogP contribution in [-0.2, 0) is 0 Å². The van der Waals surface area contributed by atoms with Crippen LogP contribution in [0, 0.1) is 5.82 Å². The van der Waals surface area contributed by atoms with Gasteiger partial charge >= 0.3 is 0 Å². The number of pyridine rings is 2. The van der Waals surface area contributed by atoms with E-state index in [4.69, 9.17) is 16.3 Å². The number of hydrogen-bond acceptors (Lipinski definition) is 4. The molecule has 0 spiro atoms.